The zero-order valence-corrected chi connectivity index (χ0v) is 16.1. The Morgan fingerprint density at radius 3 is 2.50 bits per heavy atom. The standard InChI is InChI=1S/C21H20ClF3N2O/c1-14(27-11-9-16(10-12-27)15-5-3-2-4-6-15)20(28)26-19-8-7-17(22)13-18(19)21(23,24)25/h2-9,13-14H,10-12H2,1H3,(H,26,28)/p+1/t14-/m1/s1. The van der Waals surface area contributed by atoms with Crippen molar-refractivity contribution in [1.29, 1.82) is 0 Å². The molecule has 0 bridgehead atoms. The number of rotatable bonds is 4. The molecule has 0 fully saturated rings. The SMILES string of the molecule is C[C@H](C(=O)Nc1ccc(Cl)cc1C(F)(F)F)[NH+]1CC=C(c2ccccc2)CC1. The zero-order valence-electron chi connectivity index (χ0n) is 15.3. The van der Waals surface area contributed by atoms with Crippen LogP contribution in [0.25, 0.3) is 5.57 Å². The maximum Gasteiger partial charge on any atom is 0.418 e. The predicted octanol–water partition coefficient (Wildman–Crippen LogP) is 4.06. The maximum atomic E-state index is 13.2. The third kappa shape index (κ3) is 4.75. The van der Waals surface area contributed by atoms with Crippen molar-refractivity contribution < 1.29 is 22.9 Å². The van der Waals surface area contributed by atoms with Crippen LogP contribution in [0.5, 0.6) is 0 Å². The van der Waals surface area contributed by atoms with Gasteiger partial charge in [0.15, 0.2) is 6.04 Å². The van der Waals surface area contributed by atoms with Gasteiger partial charge in [-0.3, -0.25) is 4.79 Å². The molecule has 28 heavy (non-hydrogen) atoms. The van der Waals surface area contributed by atoms with Crippen LogP contribution in [0.1, 0.15) is 24.5 Å². The predicted molar refractivity (Wildman–Crippen MR) is 104 cm³/mol. The number of quaternary nitrogens is 1. The molecule has 0 aromatic heterocycles. The Balaban J connectivity index is 1.69. The van der Waals surface area contributed by atoms with Gasteiger partial charge in [0.05, 0.1) is 24.3 Å². The van der Waals surface area contributed by atoms with Crippen LogP contribution < -0.4 is 10.2 Å². The molecule has 0 saturated carbocycles. The summed E-state index contributed by atoms with van der Waals surface area (Å²) >= 11 is 5.68. The van der Waals surface area contributed by atoms with E-state index < -0.39 is 23.7 Å². The van der Waals surface area contributed by atoms with Gasteiger partial charge in [-0.2, -0.15) is 13.2 Å². The van der Waals surface area contributed by atoms with Gasteiger partial charge in [0.25, 0.3) is 5.91 Å². The maximum absolute atomic E-state index is 13.2. The molecule has 1 unspecified atom stereocenters. The second-order valence-electron chi connectivity index (χ2n) is 6.86. The van der Waals surface area contributed by atoms with Crippen LogP contribution in [0, 0.1) is 0 Å². The number of alkyl halides is 3. The van der Waals surface area contributed by atoms with E-state index in [1.807, 2.05) is 30.3 Å². The first-order valence-electron chi connectivity index (χ1n) is 9.02. The molecule has 1 heterocycles. The summed E-state index contributed by atoms with van der Waals surface area (Å²) in [6.07, 6.45) is -1.69. The Kier molecular flexibility index (Phi) is 6.10. The summed E-state index contributed by atoms with van der Waals surface area (Å²) in [5.74, 6) is -0.445. The quantitative estimate of drug-likeness (QED) is 0.784. The van der Waals surface area contributed by atoms with Crippen LogP contribution in [-0.2, 0) is 11.0 Å². The van der Waals surface area contributed by atoms with Gasteiger partial charge in [-0.15, -0.1) is 0 Å². The van der Waals surface area contributed by atoms with Crippen LogP contribution >= 0.6 is 11.6 Å². The van der Waals surface area contributed by atoms with E-state index in [-0.39, 0.29) is 10.7 Å². The zero-order chi connectivity index (χ0) is 20.3. The molecule has 2 aromatic carbocycles. The average Bonchev–Trinajstić information content (AvgIpc) is 2.68. The fourth-order valence-electron chi connectivity index (χ4n) is 3.35. The van der Waals surface area contributed by atoms with Crippen molar-refractivity contribution in [2.45, 2.75) is 25.6 Å². The van der Waals surface area contributed by atoms with Crippen molar-refractivity contribution in [2.75, 3.05) is 18.4 Å². The highest BCUT2D eigenvalue weighted by Crippen LogP contribution is 2.36. The Morgan fingerprint density at radius 2 is 1.89 bits per heavy atom. The smallest absolute Gasteiger partial charge is 0.321 e. The molecule has 3 rings (SSSR count). The molecule has 0 aliphatic carbocycles. The van der Waals surface area contributed by atoms with Gasteiger partial charge in [-0.1, -0.05) is 41.9 Å². The Hall–Kier alpha value is -2.31. The van der Waals surface area contributed by atoms with Gasteiger partial charge in [-0.05, 0) is 42.3 Å². The monoisotopic (exact) mass is 409 g/mol. The number of hydrogen-bond acceptors (Lipinski definition) is 1. The van der Waals surface area contributed by atoms with Crippen molar-refractivity contribution >= 4 is 28.8 Å². The normalized spacial score (nSPS) is 18.3. The lowest BCUT2D eigenvalue weighted by Crippen LogP contribution is -3.17. The first-order valence-corrected chi connectivity index (χ1v) is 9.40. The number of amides is 1. The van der Waals surface area contributed by atoms with Crippen LogP contribution in [0.15, 0.2) is 54.6 Å². The Bertz CT molecular complexity index is 881. The van der Waals surface area contributed by atoms with Gasteiger partial charge in [0.1, 0.15) is 0 Å². The first kappa shape index (κ1) is 20.4. The number of anilines is 1. The van der Waals surface area contributed by atoms with Gasteiger partial charge in [-0.25, -0.2) is 0 Å². The number of hydrogen-bond donors (Lipinski definition) is 2. The largest absolute Gasteiger partial charge is 0.418 e. The van der Waals surface area contributed by atoms with E-state index in [4.69, 9.17) is 11.6 Å². The van der Waals surface area contributed by atoms with Crippen molar-refractivity contribution in [3.05, 3.63) is 70.8 Å². The van der Waals surface area contributed by atoms with Gasteiger partial charge in [0.2, 0.25) is 0 Å². The minimum Gasteiger partial charge on any atom is -0.321 e. The van der Waals surface area contributed by atoms with Crippen LogP contribution in [0.3, 0.4) is 0 Å². The van der Waals surface area contributed by atoms with Crippen molar-refractivity contribution in [3.63, 3.8) is 0 Å². The van der Waals surface area contributed by atoms with Gasteiger partial charge < -0.3 is 10.2 Å². The minimum atomic E-state index is -4.60. The molecule has 7 heteroatoms. The van der Waals surface area contributed by atoms with Crippen molar-refractivity contribution in [1.82, 2.24) is 0 Å². The van der Waals surface area contributed by atoms with Gasteiger partial charge in [0, 0.05) is 11.4 Å². The molecule has 2 N–H and O–H groups in total. The summed E-state index contributed by atoms with van der Waals surface area (Å²) in [6.45, 7) is 3.11. The number of carbonyl (C=O) groups excluding carboxylic acids is 1. The molecule has 0 saturated heterocycles. The highest BCUT2D eigenvalue weighted by molar-refractivity contribution is 6.30. The average molecular weight is 410 g/mol. The summed E-state index contributed by atoms with van der Waals surface area (Å²) in [4.78, 5) is 13.6. The van der Waals surface area contributed by atoms with Crippen molar-refractivity contribution in [3.8, 4) is 0 Å². The van der Waals surface area contributed by atoms with E-state index in [0.717, 1.165) is 29.5 Å². The third-order valence-corrected chi connectivity index (χ3v) is 5.26. The lowest BCUT2D eigenvalue weighted by Gasteiger charge is -2.28. The molecule has 2 aromatic rings. The van der Waals surface area contributed by atoms with Crippen molar-refractivity contribution in [2.24, 2.45) is 0 Å². The molecule has 1 aliphatic rings. The van der Waals surface area contributed by atoms with E-state index >= 15 is 0 Å². The van der Waals surface area contributed by atoms with Crippen LogP contribution in [0.4, 0.5) is 18.9 Å². The van der Waals surface area contributed by atoms with E-state index in [1.54, 1.807) is 6.92 Å². The lowest BCUT2D eigenvalue weighted by molar-refractivity contribution is -0.909. The molecule has 1 amide bonds. The van der Waals surface area contributed by atoms with Gasteiger partial charge >= 0.3 is 6.18 Å². The highest BCUT2D eigenvalue weighted by Gasteiger charge is 2.35. The molecule has 0 radical (unpaired) electrons. The summed E-state index contributed by atoms with van der Waals surface area (Å²) in [5, 5.41) is 2.40. The Morgan fingerprint density at radius 1 is 1.18 bits per heavy atom. The second-order valence-corrected chi connectivity index (χ2v) is 7.29. The highest BCUT2D eigenvalue weighted by atomic mass is 35.5. The van der Waals surface area contributed by atoms with E-state index in [2.05, 4.69) is 11.4 Å². The molecular formula is C21H21ClF3N2O+. The van der Waals surface area contributed by atoms with Crippen LogP contribution in [-0.4, -0.2) is 25.0 Å². The lowest BCUT2D eigenvalue weighted by atomic mass is 9.99. The number of halogens is 4. The molecular weight excluding hydrogens is 389 g/mol. The molecule has 2 atom stereocenters. The fraction of sp³-hybridized carbons (Fsp3) is 0.286. The van der Waals surface area contributed by atoms with E-state index in [9.17, 15) is 18.0 Å². The molecule has 0 spiro atoms. The molecule has 148 valence electrons. The van der Waals surface area contributed by atoms with E-state index in [1.165, 1.54) is 17.7 Å². The van der Waals surface area contributed by atoms with E-state index in [0.29, 0.717) is 6.54 Å². The number of benzene rings is 2. The number of carbonyl (C=O) groups is 1. The topological polar surface area (TPSA) is 33.5 Å². The molecule has 3 nitrogen and oxygen atoms in total. The fourth-order valence-corrected chi connectivity index (χ4v) is 3.52. The Labute approximate surface area is 166 Å². The first-order chi connectivity index (χ1) is 13.3. The summed E-state index contributed by atoms with van der Waals surface area (Å²) in [7, 11) is 0. The second kappa shape index (κ2) is 8.37. The molecule has 1 aliphatic heterocycles. The summed E-state index contributed by atoms with van der Waals surface area (Å²) < 4.78 is 39.6. The summed E-state index contributed by atoms with van der Waals surface area (Å²) in [6, 6.07) is 12.9. The minimum absolute atomic E-state index is 0.0291. The summed E-state index contributed by atoms with van der Waals surface area (Å²) in [5.41, 5.74) is 1.18. The number of nitrogens with one attached hydrogen (secondary N) is 2. The van der Waals surface area contributed by atoms with Crippen LogP contribution in [0.2, 0.25) is 5.02 Å². The third-order valence-electron chi connectivity index (χ3n) is 5.02.